The summed E-state index contributed by atoms with van der Waals surface area (Å²) >= 11 is 0. The molecule has 0 rings (SSSR count). The Morgan fingerprint density at radius 3 is 0.874 bits per heavy atom. The molecule has 0 fully saturated rings. The summed E-state index contributed by atoms with van der Waals surface area (Å²) in [5.74, 6) is 0.153. The first kappa shape index (κ1) is 85.1. The SMILES string of the molecule is CCCCCCCC(=O)OC[C@H](COP(=O)(O)OC[C@H](O)COP(=O)(O)OC[C@@H](COC(=O)CCCCCCCCCCCCCCC(C)C)OC(=O)CCCCCCCCCCCCCCCCC(C)CC)OC(=O)CCCCCCCCC(C)C. The van der Waals surface area contributed by atoms with E-state index in [1.807, 2.05) is 0 Å². The largest absolute Gasteiger partial charge is 0.472 e. The van der Waals surface area contributed by atoms with Gasteiger partial charge in [-0.3, -0.25) is 37.3 Å². The first-order chi connectivity index (χ1) is 41.8. The number of aliphatic hydroxyl groups excluding tert-OH is 1. The van der Waals surface area contributed by atoms with E-state index in [2.05, 4.69) is 48.5 Å². The minimum Gasteiger partial charge on any atom is -0.462 e. The molecule has 516 valence electrons. The molecule has 87 heavy (non-hydrogen) atoms. The lowest BCUT2D eigenvalue weighted by atomic mass is 9.99. The molecule has 0 amide bonds. The number of rotatable bonds is 66. The summed E-state index contributed by atoms with van der Waals surface area (Å²) in [4.78, 5) is 72.1. The number of carbonyl (C=O) groups excluding carboxylic acids is 4. The van der Waals surface area contributed by atoms with Crippen molar-refractivity contribution in [2.45, 2.75) is 356 Å². The van der Waals surface area contributed by atoms with Crippen molar-refractivity contribution >= 4 is 39.5 Å². The molecule has 0 aromatic carbocycles. The van der Waals surface area contributed by atoms with Gasteiger partial charge in [0.05, 0.1) is 26.4 Å². The summed E-state index contributed by atoms with van der Waals surface area (Å²) in [6.07, 6.45) is 42.2. The molecule has 0 saturated heterocycles. The van der Waals surface area contributed by atoms with Gasteiger partial charge in [0.1, 0.15) is 19.3 Å². The quantitative estimate of drug-likeness (QED) is 0.0222. The third-order valence-corrected chi connectivity index (χ3v) is 17.9. The van der Waals surface area contributed by atoms with Crippen LogP contribution in [0.1, 0.15) is 337 Å². The predicted octanol–water partition coefficient (Wildman–Crippen LogP) is 19.1. The number of ether oxygens (including phenoxy) is 4. The molecular formula is C68H132O17P2. The van der Waals surface area contributed by atoms with Crippen LogP contribution in [0.25, 0.3) is 0 Å². The number of hydrogen-bond acceptors (Lipinski definition) is 15. The van der Waals surface area contributed by atoms with Gasteiger partial charge in [0.25, 0.3) is 0 Å². The highest BCUT2D eigenvalue weighted by atomic mass is 31.2. The van der Waals surface area contributed by atoms with E-state index in [-0.39, 0.29) is 25.7 Å². The molecule has 6 atom stereocenters. The second kappa shape index (κ2) is 59.1. The van der Waals surface area contributed by atoms with Crippen LogP contribution in [0.5, 0.6) is 0 Å². The standard InChI is InChI=1S/C68H132O17P2/c1-8-10-11-32-42-49-65(70)78-55-63(85-68(73)52-45-38-31-30-34-40-47-60(5)6)57-82-86(74,75)80-53-62(69)54-81-87(76,77)83-58-64(56-79-66(71)50-43-36-28-24-20-17-16-18-22-26-33-39-46-59(3)4)84-67(72)51-44-37-29-25-21-15-13-12-14-19-23-27-35-41-48-61(7)9-2/h59-64,69H,8-58H2,1-7H3,(H,74,75)(H,76,77)/t61?,62-,63+,64+/m0/s1. The number of esters is 4. The van der Waals surface area contributed by atoms with Gasteiger partial charge in [-0.15, -0.1) is 0 Å². The van der Waals surface area contributed by atoms with E-state index in [4.69, 9.17) is 37.0 Å². The molecule has 0 saturated carbocycles. The van der Waals surface area contributed by atoms with E-state index in [1.54, 1.807) is 0 Å². The monoisotopic (exact) mass is 1280 g/mol. The van der Waals surface area contributed by atoms with Crippen molar-refractivity contribution in [1.82, 2.24) is 0 Å². The fraction of sp³-hybridized carbons (Fsp3) is 0.941. The van der Waals surface area contributed by atoms with Crippen LogP contribution in [0, 0.1) is 17.8 Å². The van der Waals surface area contributed by atoms with Crippen LogP contribution in [0.3, 0.4) is 0 Å². The van der Waals surface area contributed by atoms with Crippen LogP contribution in [0.4, 0.5) is 0 Å². The zero-order valence-corrected chi connectivity index (χ0v) is 58.3. The number of phosphoric ester groups is 2. The average molecular weight is 1280 g/mol. The molecule has 0 bridgehead atoms. The molecule has 0 radical (unpaired) electrons. The lowest BCUT2D eigenvalue weighted by Gasteiger charge is -2.21. The molecule has 0 aliphatic heterocycles. The van der Waals surface area contributed by atoms with Crippen LogP contribution in [-0.2, 0) is 65.4 Å². The van der Waals surface area contributed by atoms with Crippen LogP contribution >= 0.6 is 15.6 Å². The summed E-state index contributed by atoms with van der Waals surface area (Å²) in [7, 11) is -9.89. The second-order valence-corrected chi connectivity index (χ2v) is 28.7. The van der Waals surface area contributed by atoms with Gasteiger partial charge < -0.3 is 33.8 Å². The number of hydrogen-bond donors (Lipinski definition) is 3. The van der Waals surface area contributed by atoms with E-state index in [9.17, 15) is 43.2 Å². The molecule has 3 unspecified atom stereocenters. The lowest BCUT2D eigenvalue weighted by molar-refractivity contribution is -0.161. The third-order valence-electron chi connectivity index (χ3n) is 16.0. The lowest BCUT2D eigenvalue weighted by Crippen LogP contribution is -2.30. The summed E-state index contributed by atoms with van der Waals surface area (Å²) in [5.41, 5.74) is 0. The van der Waals surface area contributed by atoms with Crippen molar-refractivity contribution in [2.24, 2.45) is 17.8 Å². The zero-order chi connectivity index (χ0) is 64.5. The number of unbranched alkanes of at least 4 members (excludes halogenated alkanes) is 33. The summed E-state index contributed by atoms with van der Waals surface area (Å²) < 4.78 is 67.9. The molecular weight excluding hydrogens is 1150 g/mol. The Balaban J connectivity index is 5.15. The molecule has 0 aliphatic rings. The smallest absolute Gasteiger partial charge is 0.462 e. The molecule has 3 N–H and O–H groups in total. The Bertz CT molecular complexity index is 1720. The van der Waals surface area contributed by atoms with Crippen LogP contribution in [0.15, 0.2) is 0 Å². The summed E-state index contributed by atoms with van der Waals surface area (Å²) in [5, 5.41) is 10.5. The fourth-order valence-electron chi connectivity index (χ4n) is 10.2. The van der Waals surface area contributed by atoms with E-state index >= 15 is 0 Å². The summed E-state index contributed by atoms with van der Waals surface area (Å²) in [6.45, 7) is 11.7. The highest BCUT2D eigenvalue weighted by Gasteiger charge is 2.30. The highest BCUT2D eigenvalue weighted by Crippen LogP contribution is 2.45. The molecule has 0 aromatic rings. The third kappa shape index (κ3) is 61.3. The van der Waals surface area contributed by atoms with Crippen molar-refractivity contribution in [3.63, 3.8) is 0 Å². The Kier molecular flexibility index (Phi) is 57.8. The topological polar surface area (TPSA) is 237 Å². The second-order valence-electron chi connectivity index (χ2n) is 25.8. The molecule has 0 aliphatic carbocycles. The Labute approximate surface area is 530 Å². The van der Waals surface area contributed by atoms with Gasteiger partial charge in [-0.05, 0) is 43.4 Å². The van der Waals surface area contributed by atoms with Crippen molar-refractivity contribution in [3.8, 4) is 0 Å². The van der Waals surface area contributed by atoms with Gasteiger partial charge in [0.2, 0.25) is 0 Å². The Morgan fingerprint density at radius 1 is 0.333 bits per heavy atom. The average Bonchev–Trinajstić information content (AvgIpc) is 3.55. The highest BCUT2D eigenvalue weighted by molar-refractivity contribution is 7.47. The van der Waals surface area contributed by atoms with Crippen LogP contribution in [-0.4, -0.2) is 96.7 Å². The maximum atomic E-state index is 13.0. The molecule has 0 heterocycles. The molecule has 0 spiro atoms. The number of carbonyl (C=O) groups is 4. The van der Waals surface area contributed by atoms with E-state index in [0.717, 1.165) is 108 Å². The van der Waals surface area contributed by atoms with Gasteiger partial charge in [-0.1, -0.05) is 286 Å². The first-order valence-electron chi connectivity index (χ1n) is 35.4. The number of aliphatic hydroxyl groups is 1. The van der Waals surface area contributed by atoms with E-state index in [1.165, 1.54) is 141 Å². The van der Waals surface area contributed by atoms with Gasteiger partial charge in [0.15, 0.2) is 12.2 Å². The van der Waals surface area contributed by atoms with Gasteiger partial charge in [-0.25, -0.2) is 9.13 Å². The van der Waals surface area contributed by atoms with Crippen molar-refractivity contribution in [3.05, 3.63) is 0 Å². The fourth-order valence-corrected chi connectivity index (χ4v) is 11.7. The van der Waals surface area contributed by atoms with E-state index < -0.39 is 97.5 Å². The van der Waals surface area contributed by atoms with E-state index in [0.29, 0.717) is 31.6 Å². The Hall–Kier alpha value is -1.94. The van der Waals surface area contributed by atoms with Crippen molar-refractivity contribution in [1.29, 1.82) is 0 Å². The minimum absolute atomic E-state index is 0.101. The first-order valence-corrected chi connectivity index (χ1v) is 38.4. The van der Waals surface area contributed by atoms with Gasteiger partial charge >= 0.3 is 39.5 Å². The summed E-state index contributed by atoms with van der Waals surface area (Å²) in [6, 6.07) is 0. The maximum absolute atomic E-state index is 13.0. The molecule has 19 heteroatoms. The van der Waals surface area contributed by atoms with Gasteiger partial charge in [-0.2, -0.15) is 0 Å². The normalized spacial score (nSPS) is 14.6. The predicted molar refractivity (Wildman–Crippen MR) is 349 cm³/mol. The molecule has 0 aromatic heterocycles. The van der Waals surface area contributed by atoms with Gasteiger partial charge in [0, 0.05) is 25.7 Å². The minimum atomic E-state index is -4.95. The van der Waals surface area contributed by atoms with Crippen LogP contribution in [0.2, 0.25) is 0 Å². The Morgan fingerprint density at radius 2 is 0.586 bits per heavy atom. The van der Waals surface area contributed by atoms with Crippen LogP contribution < -0.4 is 0 Å². The maximum Gasteiger partial charge on any atom is 0.472 e. The number of phosphoric acid groups is 2. The molecule has 17 nitrogen and oxygen atoms in total. The van der Waals surface area contributed by atoms with Crippen molar-refractivity contribution in [2.75, 3.05) is 39.6 Å². The zero-order valence-electron chi connectivity index (χ0n) is 56.5. The van der Waals surface area contributed by atoms with Crippen molar-refractivity contribution < 1.29 is 80.2 Å².